The SMILES string of the molecule is CCCCNC(=O)C1N([C@@H](CO)CC(C)C)C(=O)[C@@H]2[C@@H](C(=O)NCCC)[C@@]3(CC)CCC12O3. The molecule has 0 aromatic carbocycles. The number of rotatable bonds is 12. The minimum atomic E-state index is -1.03. The second-order valence-electron chi connectivity index (χ2n) is 10.5. The largest absolute Gasteiger partial charge is 0.394 e. The summed E-state index contributed by atoms with van der Waals surface area (Å²) in [7, 11) is 0. The molecule has 2 bridgehead atoms. The number of nitrogens with zero attached hydrogens (tertiary/aromatic N) is 1. The molecular weight excluding hydrogens is 422 g/mol. The standard InChI is InChI=1S/C25H43N3O5/c1-6-9-13-27-22(31)20-25-11-10-24(8-3,33-25)18(21(30)26-12-7-2)19(25)23(32)28(20)17(15-29)14-16(4)5/h16-20,29H,6-15H2,1-5H3,(H,26,30)(H,27,31)/t17-,18+,19+,20?,24-,25?/m1/s1. The Bertz CT molecular complexity index is 744. The number of amides is 3. The first-order valence-corrected chi connectivity index (χ1v) is 12.9. The molecule has 0 radical (unpaired) electrons. The van der Waals surface area contributed by atoms with Gasteiger partial charge in [0.05, 0.1) is 30.1 Å². The molecule has 3 heterocycles. The van der Waals surface area contributed by atoms with Crippen molar-refractivity contribution in [2.75, 3.05) is 19.7 Å². The van der Waals surface area contributed by atoms with E-state index in [2.05, 4.69) is 17.6 Å². The van der Waals surface area contributed by atoms with Crippen LogP contribution in [0.25, 0.3) is 0 Å². The van der Waals surface area contributed by atoms with Crippen molar-refractivity contribution >= 4 is 17.7 Å². The molecule has 3 aliphatic heterocycles. The molecule has 1 spiro atoms. The third kappa shape index (κ3) is 4.29. The molecule has 33 heavy (non-hydrogen) atoms. The van der Waals surface area contributed by atoms with Gasteiger partial charge in [-0.3, -0.25) is 14.4 Å². The molecule has 6 atom stereocenters. The summed E-state index contributed by atoms with van der Waals surface area (Å²) in [4.78, 5) is 42.5. The molecule has 3 amide bonds. The van der Waals surface area contributed by atoms with Crippen LogP contribution in [0.5, 0.6) is 0 Å². The van der Waals surface area contributed by atoms with Crippen LogP contribution in [-0.4, -0.2) is 70.7 Å². The van der Waals surface area contributed by atoms with E-state index in [1.807, 2.05) is 27.7 Å². The van der Waals surface area contributed by atoms with E-state index in [0.29, 0.717) is 38.8 Å². The normalized spacial score (nSPS) is 33.5. The van der Waals surface area contributed by atoms with Crippen molar-refractivity contribution in [1.82, 2.24) is 15.5 Å². The van der Waals surface area contributed by atoms with E-state index in [1.54, 1.807) is 4.90 Å². The average molecular weight is 466 g/mol. The summed E-state index contributed by atoms with van der Waals surface area (Å²) in [5.41, 5.74) is -1.75. The Kier molecular flexibility index (Phi) is 8.10. The molecule has 3 saturated heterocycles. The molecule has 3 fully saturated rings. The Morgan fingerprint density at radius 2 is 1.82 bits per heavy atom. The van der Waals surface area contributed by atoms with Crippen molar-refractivity contribution in [2.45, 2.75) is 103 Å². The van der Waals surface area contributed by atoms with Crippen LogP contribution >= 0.6 is 0 Å². The molecule has 8 heteroatoms. The zero-order chi connectivity index (χ0) is 24.4. The van der Waals surface area contributed by atoms with Gasteiger partial charge in [0.2, 0.25) is 17.7 Å². The highest BCUT2D eigenvalue weighted by molar-refractivity contribution is 5.99. The first-order chi connectivity index (χ1) is 15.7. The van der Waals surface area contributed by atoms with Gasteiger partial charge in [0.25, 0.3) is 0 Å². The van der Waals surface area contributed by atoms with Crippen molar-refractivity contribution in [3.63, 3.8) is 0 Å². The summed E-state index contributed by atoms with van der Waals surface area (Å²) >= 11 is 0. The average Bonchev–Trinajstić information content (AvgIpc) is 3.39. The Balaban J connectivity index is 2.05. The highest BCUT2D eigenvalue weighted by atomic mass is 16.5. The van der Waals surface area contributed by atoms with Crippen LogP contribution in [0, 0.1) is 17.8 Å². The number of ether oxygens (including phenoxy) is 1. The number of fused-ring (bicyclic) bond motifs is 1. The van der Waals surface area contributed by atoms with Crippen molar-refractivity contribution in [3.05, 3.63) is 0 Å². The Hall–Kier alpha value is -1.67. The predicted molar refractivity (Wildman–Crippen MR) is 125 cm³/mol. The topological polar surface area (TPSA) is 108 Å². The summed E-state index contributed by atoms with van der Waals surface area (Å²) in [6.07, 6.45) is 5.01. The number of unbranched alkanes of at least 4 members (excludes halogenated alkanes) is 1. The van der Waals surface area contributed by atoms with Gasteiger partial charge in [-0.15, -0.1) is 0 Å². The molecule has 0 aromatic rings. The number of nitrogens with one attached hydrogen (secondary N) is 2. The minimum absolute atomic E-state index is 0.157. The van der Waals surface area contributed by atoms with Crippen molar-refractivity contribution in [2.24, 2.45) is 17.8 Å². The van der Waals surface area contributed by atoms with Crippen molar-refractivity contribution in [1.29, 1.82) is 0 Å². The highest BCUT2D eigenvalue weighted by Crippen LogP contribution is 2.64. The maximum atomic E-state index is 14.0. The smallest absolute Gasteiger partial charge is 0.245 e. The van der Waals surface area contributed by atoms with Gasteiger partial charge in [-0.25, -0.2) is 0 Å². The summed E-state index contributed by atoms with van der Waals surface area (Å²) in [6, 6.07) is -1.32. The fraction of sp³-hybridized carbons (Fsp3) is 0.880. The maximum Gasteiger partial charge on any atom is 0.245 e. The second-order valence-corrected chi connectivity index (χ2v) is 10.5. The van der Waals surface area contributed by atoms with E-state index in [0.717, 1.165) is 19.3 Å². The summed E-state index contributed by atoms with van der Waals surface area (Å²) < 4.78 is 6.71. The van der Waals surface area contributed by atoms with Crippen LogP contribution < -0.4 is 10.6 Å². The number of carbonyl (C=O) groups is 3. The monoisotopic (exact) mass is 465 g/mol. The number of aliphatic hydroxyl groups is 1. The number of likely N-dealkylation sites (tertiary alicyclic amines) is 1. The Labute approximate surface area is 198 Å². The molecule has 3 N–H and O–H groups in total. The molecule has 3 aliphatic rings. The molecule has 3 rings (SSSR count). The van der Waals surface area contributed by atoms with Crippen LogP contribution in [0.1, 0.15) is 79.6 Å². The van der Waals surface area contributed by atoms with Gasteiger partial charge in [-0.1, -0.05) is 41.0 Å². The number of aliphatic hydroxyl groups excluding tert-OH is 1. The maximum absolute atomic E-state index is 14.0. The van der Waals surface area contributed by atoms with Gasteiger partial charge < -0.3 is 25.4 Å². The van der Waals surface area contributed by atoms with E-state index in [9.17, 15) is 19.5 Å². The molecule has 0 aromatic heterocycles. The number of hydrogen-bond acceptors (Lipinski definition) is 5. The first kappa shape index (κ1) is 25.9. The second kappa shape index (κ2) is 10.3. The predicted octanol–water partition coefficient (Wildman–Crippen LogP) is 1.99. The van der Waals surface area contributed by atoms with Gasteiger partial charge in [0.15, 0.2) is 0 Å². The third-order valence-corrected chi connectivity index (χ3v) is 7.88. The molecule has 8 nitrogen and oxygen atoms in total. The van der Waals surface area contributed by atoms with Gasteiger partial charge in [-0.2, -0.15) is 0 Å². The number of hydrogen-bond donors (Lipinski definition) is 3. The lowest BCUT2D eigenvalue weighted by molar-refractivity contribution is -0.151. The van der Waals surface area contributed by atoms with Crippen LogP contribution in [0.3, 0.4) is 0 Å². The Morgan fingerprint density at radius 1 is 1.12 bits per heavy atom. The molecule has 0 saturated carbocycles. The summed E-state index contributed by atoms with van der Waals surface area (Å²) in [5.74, 6) is -1.70. The summed E-state index contributed by atoms with van der Waals surface area (Å²) in [5, 5.41) is 16.2. The van der Waals surface area contributed by atoms with E-state index in [1.165, 1.54) is 0 Å². The van der Waals surface area contributed by atoms with Gasteiger partial charge in [0.1, 0.15) is 11.6 Å². The zero-order valence-electron chi connectivity index (χ0n) is 21.0. The molecular formula is C25H43N3O5. The first-order valence-electron chi connectivity index (χ1n) is 12.9. The van der Waals surface area contributed by atoms with Crippen molar-refractivity contribution in [3.8, 4) is 0 Å². The lowest BCUT2D eigenvalue weighted by Gasteiger charge is -2.38. The van der Waals surface area contributed by atoms with Gasteiger partial charge in [0, 0.05) is 13.1 Å². The lowest BCUT2D eigenvalue weighted by atomic mass is 9.65. The van der Waals surface area contributed by atoms with Gasteiger partial charge in [-0.05, 0) is 44.4 Å². The minimum Gasteiger partial charge on any atom is -0.394 e. The van der Waals surface area contributed by atoms with Gasteiger partial charge >= 0.3 is 0 Å². The quantitative estimate of drug-likeness (QED) is 0.382. The number of carbonyl (C=O) groups excluding carboxylic acids is 3. The van der Waals surface area contributed by atoms with E-state index < -0.39 is 35.1 Å². The van der Waals surface area contributed by atoms with Crippen LogP contribution in [-0.2, 0) is 19.1 Å². The zero-order valence-corrected chi connectivity index (χ0v) is 21.0. The van der Waals surface area contributed by atoms with E-state index in [-0.39, 0.29) is 30.2 Å². The van der Waals surface area contributed by atoms with E-state index >= 15 is 0 Å². The molecule has 2 unspecified atom stereocenters. The van der Waals surface area contributed by atoms with Crippen LogP contribution in [0.4, 0.5) is 0 Å². The lowest BCUT2D eigenvalue weighted by Crippen LogP contribution is -2.58. The Morgan fingerprint density at radius 3 is 2.39 bits per heavy atom. The van der Waals surface area contributed by atoms with Crippen molar-refractivity contribution < 1.29 is 24.2 Å². The fourth-order valence-corrected chi connectivity index (χ4v) is 6.41. The molecule has 188 valence electrons. The third-order valence-electron chi connectivity index (χ3n) is 7.88. The van der Waals surface area contributed by atoms with Crippen LogP contribution in [0.2, 0.25) is 0 Å². The molecule has 0 aliphatic carbocycles. The highest BCUT2D eigenvalue weighted by Gasteiger charge is 2.79. The van der Waals surface area contributed by atoms with E-state index in [4.69, 9.17) is 4.74 Å². The fourth-order valence-electron chi connectivity index (χ4n) is 6.41. The van der Waals surface area contributed by atoms with Crippen LogP contribution in [0.15, 0.2) is 0 Å². The summed E-state index contributed by atoms with van der Waals surface area (Å²) in [6.45, 7) is 11.0.